The molecule has 1 amide bonds. The van der Waals surface area contributed by atoms with E-state index in [1.165, 1.54) is 59.2 Å². The van der Waals surface area contributed by atoms with E-state index in [4.69, 9.17) is 4.74 Å². The molecular weight excluding hydrogens is 493 g/mol. The van der Waals surface area contributed by atoms with Gasteiger partial charge in [-0.15, -0.1) is 0 Å². The van der Waals surface area contributed by atoms with Crippen molar-refractivity contribution in [2.24, 2.45) is 4.99 Å². The summed E-state index contributed by atoms with van der Waals surface area (Å²) in [7, 11) is -3.77. The van der Waals surface area contributed by atoms with E-state index in [0.717, 1.165) is 11.3 Å². The van der Waals surface area contributed by atoms with Crippen molar-refractivity contribution in [1.82, 2.24) is 4.57 Å². The Bertz CT molecular complexity index is 1560. The average molecular weight is 514 g/mol. The van der Waals surface area contributed by atoms with Crippen LogP contribution in [0.1, 0.15) is 17.3 Å². The number of carbonyl (C=O) groups is 2. The van der Waals surface area contributed by atoms with Crippen molar-refractivity contribution in [2.75, 3.05) is 11.3 Å². The molecule has 0 saturated carbocycles. The molecule has 0 atom stereocenters. The highest BCUT2D eigenvalue weighted by Gasteiger charge is 2.15. The fraction of sp³-hybridized carbons (Fsp3) is 0.125. The van der Waals surface area contributed by atoms with E-state index in [-0.39, 0.29) is 34.1 Å². The number of esters is 1. The van der Waals surface area contributed by atoms with Crippen LogP contribution in [0.15, 0.2) is 82.7 Å². The zero-order chi connectivity index (χ0) is 25.0. The normalized spacial score (nSPS) is 12.0. The van der Waals surface area contributed by atoms with Gasteiger partial charge in [-0.25, -0.2) is 12.8 Å². The molecule has 1 aromatic heterocycles. The van der Waals surface area contributed by atoms with Crippen LogP contribution < -0.4 is 9.52 Å². The number of amides is 1. The first-order valence-electron chi connectivity index (χ1n) is 10.5. The molecule has 0 aliphatic heterocycles. The molecule has 4 rings (SSSR count). The summed E-state index contributed by atoms with van der Waals surface area (Å²) in [6, 6.07) is 17.8. The number of thiazole rings is 1. The van der Waals surface area contributed by atoms with E-state index in [2.05, 4.69) is 9.71 Å². The second-order valence-corrected chi connectivity index (χ2v) is 9.99. The highest BCUT2D eigenvalue weighted by Crippen LogP contribution is 2.20. The maximum Gasteiger partial charge on any atom is 0.326 e. The van der Waals surface area contributed by atoms with Gasteiger partial charge in [-0.05, 0) is 61.5 Å². The van der Waals surface area contributed by atoms with Crippen LogP contribution in [0.4, 0.5) is 10.1 Å². The van der Waals surface area contributed by atoms with Gasteiger partial charge in [-0.1, -0.05) is 29.5 Å². The van der Waals surface area contributed by atoms with Crippen molar-refractivity contribution < 1.29 is 27.1 Å². The van der Waals surface area contributed by atoms with Crippen LogP contribution in [-0.4, -0.2) is 31.5 Å². The molecule has 0 aliphatic carbocycles. The summed E-state index contributed by atoms with van der Waals surface area (Å²) in [6.45, 7) is 1.69. The summed E-state index contributed by atoms with van der Waals surface area (Å²) >= 11 is 1.07. The third kappa shape index (κ3) is 5.64. The van der Waals surface area contributed by atoms with Crippen LogP contribution in [0.5, 0.6) is 0 Å². The average Bonchev–Trinajstić information content (AvgIpc) is 3.15. The molecule has 4 aromatic rings. The number of nitrogens with one attached hydrogen (secondary N) is 1. The Labute approximate surface area is 204 Å². The highest BCUT2D eigenvalue weighted by atomic mass is 32.2. The van der Waals surface area contributed by atoms with Gasteiger partial charge in [0.1, 0.15) is 12.4 Å². The SMILES string of the molecule is CCOC(=O)Cn1c(=NC(=O)c2ccc(NS(=O)(=O)c3ccccc3)cc2)sc2cc(F)ccc21. The van der Waals surface area contributed by atoms with Gasteiger partial charge in [0.15, 0.2) is 4.80 Å². The van der Waals surface area contributed by atoms with E-state index in [1.54, 1.807) is 25.1 Å². The van der Waals surface area contributed by atoms with Crippen LogP contribution in [0.25, 0.3) is 10.2 Å². The summed E-state index contributed by atoms with van der Waals surface area (Å²) in [5, 5.41) is 0. The molecular formula is C24H20FN3O5S2. The van der Waals surface area contributed by atoms with Crippen LogP contribution in [0.3, 0.4) is 0 Å². The smallest absolute Gasteiger partial charge is 0.326 e. The topological polar surface area (TPSA) is 107 Å². The number of halogens is 1. The number of ether oxygens (including phenoxy) is 1. The van der Waals surface area contributed by atoms with E-state index in [9.17, 15) is 22.4 Å². The van der Waals surface area contributed by atoms with Crippen molar-refractivity contribution in [3.8, 4) is 0 Å². The highest BCUT2D eigenvalue weighted by molar-refractivity contribution is 7.92. The van der Waals surface area contributed by atoms with E-state index >= 15 is 0 Å². The van der Waals surface area contributed by atoms with Crippen molar-refractivity contribution in [1.29, 1.82) is 0 Å². The van der Waals surface area contributed by atoms with Crippen molar-refractivity contribution in [3.05, 3.63) is 89.0 Å². The number of aromatic nitrogens is 1. The first-order valence-corrected chi connectivity index (χ1v) is 12.8. The number of sulfonamides is 1. The number of hydrogen-bond donors (Lipinski definition) is 1. The Balaban J connectivity index is 1.62. The molecule has 0 unspecified atom stereocenters. The number of carbonyl (C=O) groups excluding carboxylic acids is 2. The first-order chi connectivity index (χ1) is 16.8. The van der Waals surface area contributed by atoms with E-state index in [1.807, 2.05) is 0 Å². The Morgan fingerprint density at radius 2 is 1.77 bits per heavy atom. The lowest BCUT2D eigenvalue weighted by Crippen LogP contribution is -2.23. The van der Waals surface area contributed by atoms with Gasteiger partial charge < -0.3 is 9.30 Å². The molecule has 0 fully saturated rings. The Hall–Kier alpha value is -3.83. The molecule has 11 heteroatoms. The summed E-state index contributed by atoms with van der Waals surface area (Å²) in [5.41, 5.74) is 1.03. The fourth-order valence-electron chi connectivity index (χ4n) is 3.27. The van der Waals surface area contributed by atoms with Crippen LogP contribution in [-0.2, 0) is 26.1 Å². The molecule has 0 spiro atoms. The van der Waals surface area contributed by atoms with Crippen molar-refractivity contribution in [3.63, 3.8) is 0 Å². The van der Waals surface area contributed by atoms with E-state index < -0.39 is 27.7 Å². The van der Waals surface area contributed by atoms with E-state index in [0.29, 0.717) is 10.2 Å². The lowest BCUT2D eigenvalue weighted by atomic mass is 10.2. The number of hydrogen-bond acceptors (Lipinski definition) is 6. The first kappa shape index (κ1) is 24.3. The van der Waals surface area contributed by atoms with Gasteiger partial charge in [0, 0.05) is 11.3 Å². The summed E-state index contributed by atoms with van der Waals surface area (Å²) in [4.78, 5) is 29.4. The molecule has 180 valence electrons. The van der Waals surface area contributed by atoms with Gasteiger partial charge in [0.25, 0.3) is 15.9 Å². The zero-order valence-corrected chi connectivity index (χ0v) is 20.1. The summed E-state index contributed by atoms with van der Waals surface area (Å²) in [5.74, 6) is -1.57. The molecule has 0 saturated heterocycles. The minimum absolute atomic E-state index is 0.113. The molecule has 0 aliphatic rings. The molecule has 1 N–H and O–H groups in total. The third-order valence-corrected chi connectivity index (χ3v) is 7.31. The lowest BCUT2D eigenvalue weighted by Gasteiger charge is -2.08. The van der Waals surface area contributed by atoms with Crippen LogP contribution >= 0.6 is 11.3 Å². The van der Waals surface area contributed by atoms with Gasteiger partial charge in [-0.2, -0.15) is 4.99 Å². The maximum absolute atomic E-state index is 13.7. The number of nitrogens with zero attached hydrogens (tertiary/aromatic N) is 2. The van der Waals surface area contributed by atoms with Crippen LogP contribution in [0.2, 0.25) is 0 Å². The third-order valence-electron chi connectivity index (χ3n) is 4.87. The fourth-order valence-corrected chi connectivity index (χ4v) is 5.40. The standard InChI is InChI=1S/C24H20FN3O5S2/c1-2-33-22(29)15-28-20-13-10-17(25)14-21(20)34-24(28)26-23(30)16-8-11-18(12-9-16)27-35(31,32)19-6-4-3-5-7-19/h3-14,27H,2,15H2,1H3. The summed E-state index contributed by atoms with van der Waals surface area (Å²) < 4.78 is 48.2. The molecule has 3 aromatic carbocycles. The number of fused-ring (bicyclic) bond motifs is 1. The number of anilines is 1. The number of rotatable bonds is 7. The van der Waals surface area contributed by atoms with Crippen LogP contribution in [0, 0.1) is 5.82 Å². The molecule has 35 heavy (non-hydrogen) atoms. The Morgan fingerprint density at radius 3 is 2.46 bits per heavy atom. The molecule has 0 bridgehead atoms. The Morgan fingerprint density at radius 1 is 1.06 bits per heavy atom. The lowest BCUT2D eigenvalue weighted by molar-refractivity contribution is -0.143. The predicted octanol–water partition coefficient (Wildman–Crippen LogP) is 3.95. The van der Waals surface area contributed by atoms with Gasteiger partial charge in [0.2, 0.25) is 0 Å². The van der Waals surface area contributed by atoms with Crippen molar-refractivity contribution >= 4 is 49.1 Å². The second kappa shape index (κ2) is 10.2. The van der Waals surface area contributed by atoms with Gasteiger partial charge in [-0.3, -0.25) is 14.3 Å². The predicted molar refractivity (Wildman–Crippen MR) is 130 cm³/mol. The number of benzene rings is 3. The quantitative estimate of drug-likeness (QED) is 0.377. The van der Waals surface area contributed by atoms with Crippen molar-refractivity contribution in [2.45, 2.75) is 18.4 Å². The van der Waals surface area contributed by atoms with Gasteiger partial charge >= 0.3 is 5.97 Å². The minimum Gasteiger partial charge on any atom is -0.465 e. The summed E-state index contributed by atoms with van der Waals surface area (Å²) in [6.07, 6.45) is 0. The second-order valence-electron chi connectivity index (χ2n) is 7.30. The Kier molecular flexibility index (Phi) is 7.08. The minimum atomic E-state index is -3.77. The molecule has 1 heterocycles. The monoisotopic (exact) mass is 513 g/mol. The maximum atomic E-state index is 13.7. The molecule has 0 radical (unpaired) electrons. The largest absolute Gasteiger partial charge is 0.465 e. The molecule has 8 nitrogen and oxygen atoms in total. The zero-order valence-electron chi connectivity index (χ0n) is 18.5. The van der Waals surface area contributed by atoms with Gasteiger partial charge in [0.05, 0.1) is 21.7 Å².